The second-order valence-electron chi connectivity index (χ2n) is 1.42. The maximum atomic E-state index is 8.24. The molecule has 3 nitrogen and oxygen atoms in total. The molecule has 0 amide bonds. The number of hydrogen-bond acceptors (Lipinski definition) is 3. The number of ether oxygens (including phenoxy) is 2. The SMILES string of the molecule is CCO[CH]COCCO. The molecule has 55 valence electrons. The standard InChI is InChI=1S/C6H13O3/c1-2-8-5-6-9-4-3-7/h5,7H,2-4,6H2,1H3. The van der Waals surface area contributed by atoms with Crippen LogP contribution < -0.4 is 0 Å². The summed E-state index contributed by atoms with van der Waals surface area (Å²) in [4.78, 5) is 0. The van der Waals surface area contributed by atoms with Crippen molar-refractivity contribution in [2.24, 2.45) is 0 Å². The van der Waals surface area contributed by atoms with Crippen LogP contribution in [0.4, 0.5) is 0 Å². The van der Waals surface area contributed by atoms with Crippen molar-refractivity contribution < 1.29 is 14.6 Å². The molecule has 0 fully saturated rings. The van der Waals surface area contributed by atoms with Crippen molar-refractivity contribution in [2.75, 3.05) is 26.4 Å². The fourth-order valence-corrected chi connectivity index (χ4v) is 0.362. The number of aliphatic hydroxyl groups is 1. The van der Waals surface area contributed by atoms with E-state index < -0.39 is 0 Å². The molecule has 0 saturated heterocycles. The number of hydrogen-bond donors (Lipinski definition) is 1. The van der Waals surface area contributed by atoms with Gasteiger partial charge in [0.05, 0.1) is 19.8 Å². The molecule has 0 rings (SSSR count). The summed E-state index contributed by atoms with van der Waals surface area (Å²) in [6, 6.07) is 0. The maximum absolute atomic E-state index is 8.24. The number of aliphatic hydroxyl groups excluding tert-OH is 1. The second-order valence-corrected chi connectivity index (χ2v) is 1.42. The van der Waals surface area contributed by atoms with Gasteiger partial charge in [0.2, 0.25) is 0 Å². The molecule has 0 heterocycles. The average Bonchev–Trinajstić information content (AvgIpc) is 1.89. The van der Waals surface area contributed by atoms with Gasteiger partial charge >= 0.3 is 0 Å². The lowest BCUT2D eigenvalue weighted by Crippen LogP contribution is -2.02. The number of rotatable bonds is 6. The first-order valence-corrected chi connectivity index (χ1v) is 3.03. The van der Waals surface area contributed by atoms with Gasteiger partial charge in [0.15, 0.2) is 0 Å². The van der Waals surface area contributed by atoms with Crippen molar-refractivity contribution in [2.45, 2.75) is 6.92 Å². The van der Waals surface area contributed by atoms with E-state index in [2.05, 4.69) is 0 Å². The molecule has 0 spiro atoms. The quantitative estimate of drug-likeness (QED) is 0.526. The fourth-order valence-electron chi connectivity index (χ4n) is 0.362. The summed E-state index contributed by atoms with van der Waals surface area (Å²) >= 11 is 0. The first-order chi connectivity index (χ1) is 4.41. The van der Waals surface area contributed by atoms with Crippen LogP contribution in [-0.4, -0.2) is 31.5 Å². The van der Waals surface area contributed by atoms with E-state index >= 15 is 0 Å². The predicted octanol–water partition coefficient (Wildman–Crippen LogP) is 0.194. The van der Waals surface area contributed by atoms with Gasteiger partial charge < -0.3 is 14.6 Å². The fraction of sp³-hybridized carbons (Fsp3) is 0.833. The van der Waals surface area contributed by atoms with Crippen molar-refractivity contribution in [1.82, 2.24) is 0 Å². The lowest BCUT2D eigenvalue weighted by Gasteiger charge is -1.99. The molecule has 1 radical (unpaired) electrons. The van der Waals surface area contributed by atoms with E-state index in [0.717, 1.165) is 0 Å². The van der Waals surface area contributed by atoms with Crippen LogP contribution in [0.3, 0.4) is 0 Å². The van der Waals surface area contributed by atoms with Crippen LogP contribution in [0, 0.1) is 6.61 Å². The van der Waals surface area contributed by atoms with Gasteiger partial charge in [0, 0.05) is 6.61 Å². The summed E-state index contributed by atoms with van der Waals surface area (Å²) in [6.45, 7) is 5.05. The Balaban J connectivity index is 2.60. The Labute approximate surface area is 55.6 Å². The highest BCUT2D eigenvalue weighted by atomic mass is 16.5. The van der Waals surface area contributed by atoms with Crippen molar-refractivity contribution in [1.29, 1.82) is 0 Å². The monoisotopic (exact) mass is 133 g/mol. The largest absolute Gasteiger partial charge is 0.394 e. The van der Waals surface area contributed by atoms with Crippen LogP contribution >= 0.6 is 0 Å². The van der Waals surface area contributed by atoms with Gasteiger partial charge in [0.25, 0.3) is 0 Å². The molecule has 0 saturated carbocycles. The van der Waals surface area contributed by atoms with Gasteiger partial charge in [-0.2, -0.15) is 0 Å². The van der Waals surface area contributed by atoms with Crippen molar-refractivity contribution >= 4 is 0 Å². The minimum atomic E-state index is 0.0694. The summed E-state index contributed by atoms with van der Waals surface area (Å²) in [5.41, 5.74) is 0. The molecular formula is C6H13O3. The van der Waals surface area contributed by atoms with Crippen LogP contribution in [0.2, 0.25) is 0 Å². The molecule has 0 unspecified atom stereocenters. The highest BCUT2D eigenvalue weighted by molar-refractivity contribution is 4.44. The molecule has 0 aliphatic rings. The van der Waals surface area contributed by atoms with Gasteiger partial charge in [-0.1, -0.05) is 0 Å². The van der Waals surface area contributed by atoms with E-state index in [1.807, 2.05) is 6.92 Å². The third-order valence-electron chi connectivity index (χ3n) is 0.706. The lowest BCUT2D eigenvalue weighted by atomic mass is 10.7. The zero-order valence-corrected chi connectivity index (χ0v) is 5.67. The molecule has 0 atom stereocenters. The van der Waals surface area contributed by atoms with Gasteiger partial charge in [-0.05, 0) is 6.92 Å². The van der Waals surface area contributed by atoms with Crippen molar-refractivity contribution in [3.63, 3.8) is 0 Å². The van der Waals surface area contributed by atoms with Crippen molar-refractivity contribution in [3.8, 4) is 0 Å². The molecule has 9 heavy (non-hydrogen) atoms. The first-order valence-electron chi connectivity index (χ1n) is 3.03. The molecule has 0 aromatic heterocycles. The third kappa shape index (κ3) is 7.88. The van der Waals surface area contributed by atoms with Crippen LogP contribution in [-0.2, 0) is 9.47 Å². The zero-order valence-electron chi connectivity index (χ0n) is 5.67. The Morgan fingerprint density at radius 3 is 2.89 bits per heavy atom. The van der Waals surface area contributed by atoms with Crippen LogP contribution in [0.1, 0.15) is 6.92 Å². The molecule has 1 N–H and O–H groups in total. The summed E-state index contributed by atoms with van der Waals surface area (Å²) in [5.74, 6) is 0. The van der Waals surface area contributed by atoms with Crippen LogP contribution in [0.15, 0.2) is 0 Å². The van der Waals surface area contributed by atoms with Crippen LogP contribution in [0.5, 0.6) is 0 Å². The Bertz CT molecular complexity index is 41.6. The topological polar surface area (TPSA) is 38.7 Å². The lowest BCUT2D eigenvalue weighted by molar-refractivity contribution is 0.0696. The van der Waals surface area contributed by atoms with Gasteiger partial charge in [0.1, 0.15) is 6.61 Å². The van der Waals surface area contributed by atoms with Gasteiger partial charge in [-0.15, -0.1) is 0 Å². The average molecular weight is 133 g/mol. The van der Waals surface area contributed by atoms with Crippen molar-refractivity contribution in [3.05, 3.63) is 6.61 Å². The summed E-state index contributed by atoms with van der Waals surface area (Å²) in [6.07, 6.45) is 0. The molecule has 0 aliphatic heterocycles. The van der Waals surface area contributed by atoms with E-state index in [-0.39, 0.29) is 6.61 Å². The second kappa shape index (κ2) is 7.88. The normalized spacial score (nSPS) is 10.0. The highest BCUT2D eigenvalue weighted by Crippen LogP contribution is 1.82. The Morgan fingerprint density at radius 1 is 1.56 bits per heavy atom. The van der Waals surface area contributed by atoms with E-state index in [1.54, 1.807) is 6.61 Å². The van der Waals surface area contributed by atoms with Gasteiger partial charge in [-0.3, -0.25) is 0 Å². The Morgan fingerprint density at radius 2 is 2.33 bits per heavy atom. The molecule has 0 aliphatic carbocycles. The van der Waals surface area contributed by atoms with E-state index in [0.29, 0.717) is 19.8 Å². The summed E-state index contributed by atoms with van der Waals surface area (Å²) < 4.78 is 9.70. The maximum Gasteiger partial charge on any atom is 0.109 e. The first kappa shape index (κ1) is 8.88. The minimum Gasteiger partial charge on any atom is -0.394 e. The predicted molar refractivity (Wildman–Crippen MR) is 33.8 cm³/mol. The molecule has 0 aromatic carbocycles. The van der Waals surface area contributed by atoms with Crippen LogP contribution in [0.25, 0.3) is 0 Å². The highest BCUT2D eigenvalue weighted by Gasteiger charge is 1.85. The Hall–Kier alpha value is -0.120. The van der Waals surface area contributed by atoms with E-state index in [4.69, 9.17) is 14.6 Å². The molecule has 0 aromatic rings. The molecular weight excluding hydrogens is 120 g/mol. The molecule has 3 heteroatoms. The minimum absolute atomic E-state index is 0.0694. The molecule has 0 bridgehead atoms. The summed E-state index contributed by atoms with van der Waals surface area (Å²) in [7, 11) is 0. The smallest absolute Gasteiger partial charge is 0.109 e. The van der Waals surface area contributed by atoms with E-state index in [9.17, 15) is 0 Å². The van der Waals surface area contributed by atoms with E-state index in [1.165, 1.54) is 0 Å². The van der Waals surface area contributed by atoms with Gasteiger partial charge in [-0.25, -0.2) is 0 Å². The summed E-state index contributed by atoms with van der Waals surface area (Å²) in [5, 5.41) is 8.24. The Kier molecular flexibility index (Phi) is 7.77. The zero-order chi connectivity index (χ0) is 6.95. The third-order valence-corrected chi connectivity index (χ3v) is 0.706.